The number of nitro groups is 2. The summed E-state index contributed by atoms with van der Waals surface area (Å²) in [6.45, 7) is 1.68. The SMILES string of the molecule is C[C@H](NC(=O)c1cc([N+](=O)[O-])cc([N+](=O)[O-])c1)c1nc2ccccc2[nH]1. The minimum Gasteiger partial charge on any atom is -0.342 e. The van der Waals surface area contributed by atoms with Crippen LogP contribution in [0.2, 0.25) is 0 Å². The predicted octanol–water partition coefficient (Wildman–Crippen LogP) is 2.87. The number of aromatic nitrogens is 2. The number of nitro benzene ring substituents is 2. The van der Waals surface area contributed by atoms with Crippen LogP contribution in [-0.4, -0.2) is 25.7 Å². The number of fused-ring (bicyclic) bond motifs is 1. The van der Waals surface area contributed by atoms with Crippen molar-refractivity contribution in [3.8, 4) is 0 Å². The van der Waals surface area contributed by atoms with Gasteiger partial charge in [0.25, 0.3) is 17.3 Å². The van der Waals surface area contributed by atoms with Crippen LogP contribution in [0.4, 0.5) is 11.4 Å². The van der Waals surface area contributed by atoms with Gasteiger partial charge in [-0.3, -0.25) is 25.0 Å². The fraction of sp³-hybridized carbons (Fsp3) is 0.125. The zero-order chi connectivity index (χ0) is 18.8. The van der Waals surface area contributed by atoms with Crippen LogP contribution >= 0.6 is 0 Å². The monoisotopic (exact) mass is 355 g/mol. The first-order valence-electron chi connectivity index (χ1n) is 7.54. The van der Waals surface area contributed by atoms with Gasteiger partial charge in [0.05, 0.1) is 38.6 Å². The second-order valence-corrected chi connectivity index (χ2v) is 5.59. The largest absolute Gasteiger partial charge is 0.342 e. The van der Waals surface area contributed by atoms with Crippen molar-refractivity contribution in [3.05, 3.63) is 74.1 Å². The van der Waals surface area contributed by atoms with Crippen LogP contribution in [0.15, 0.2) is 42.5 Å². The average Bonchev–Trinajstić information content (AvgIpc) is 3.05. The average molecular weight is 355 g/mol. The Labute approximate surface area is 146 Å². The van der Waals surface area contributed by atoms with Crippen molar-refractivity contribution in [2.45, 2.75) is 13.0 Å². The van der Waals surface area contributed by atoms with Crippen LogP contribution in [-0.2, 0) is 0 Å². The molecule has 10 heteroatoms. The highest BCUT2D eigenvalue weighted by molar-refractivity contribution is 5.95. The van der Waals surface area contributed by atoms with Crippen LogP contribution in [0.3, 0.4) is 0 Å². The first kappa shape index (κ1) is 17.0. The summed E-state index contributed by atoms with van der Waals surface area (Å²) in [5, 5.41) is 24.5. The van der Waals surface area contributed by atoms with Crippen molar-refractivity contribution in [2.75, 3.05) is 0 Å². The molecule has 0 radical (unpaired) electrons. The highest BCUT2D eigenvalue weighted by Crippen LogP contribution is 2.23. The molecule has 26 heavy (non-hydrogen) atoms. The summed E-state index contributed by atoms with van der Waals surface area (Å²) in [5.41, 5.74) is 0.305. The minimum absolute atomic E-state index is 0.172. The van der Waals surface area contributed by atoms with Crippen LogP contribution in [0, 0.1) is 20.2 Å². The van der Waals surface area contributed by atoms with Gasteiger partial charge in [0.2, 0.25) is 0 Å². The topological polar surface area (TPSA) is 144 Å². The summed E-state index contributed by atoms with van der Waals surface area (Å²) in [6.07, 6.45) is 0. The van der Waals surface area contributed by atoms with E-state index in [0.717, 1.165) is 29.2 Å². The molecule has 0 aliphatic heterocycles. The van der Waals surface area contributed by atoms with Crippen molar-refractivity contribution >= 4 is 28.3 Å². The maximum atomic E-state index is 12.4. The van der Waals surface area contributed by atoms with Crippen LogP contribution in [0.5, 0.6) is 0 Å². The highest BCUT2D eigenvalue weighted by atomic mass is 16.6. The number of non-ortho nitro benzene ring substituents is 2. The lowest BCUT2D eigenvalue weighted by Gasteiger charge is -2.11. The Bertz CT molecular complexity index is 964. The quantitative estimate of drug-likeness (QED) is 0.532. The number of carbonyl (C=O) groups excluding carboxylic acids is 1. The molecule has 0 unspecified atom stereocenters. The van der Waals surface area contributed by atoms with Crippen LogP contribution in [0.25, 0.3) is 11.0 Å². The van der Waals surface area contributed by atoms with E-state index in [1.54, 1.807) is 6.92 Å². The lowest BCUT2D eigenvalue weighted by molar-refractivity contribution is -0.394. The van der Waals surface area contributed by atoms with Crippen LogP contribution in [0.1, 0.15) is 29.1 Å². The van der Waals surface area contributed by atoms with Crippen LogP contribution < -0.4 is 5.32 Å². The van der Waals surface area contributed by atoms with Gasteiger partial charge in [-0.05, 0) is 19.1 Å². The number of para-hydroxylation sites is 2. The summed E-state index contributed by atoms with van der Waals surface area (Å²) < 4.78 is 0. The molecule has 1 heterocycles. The van der Waals surface area contributed by atoms with Gasteiger partial charge in [0.1, 0.15) is 5.82 Å². The van der Waals surface area contributed by atoms with Crippen molar-refractivity contribution in [1.82, 2.24) is 15.3 Å². The van der Waals surface area contributed by atoms with E-state index in [4.69, 9.17) is 0 Å². The highest BCUT2D eigenvalue weighted by Gasteiger charge is 2.21. The molecule has 0 aliphatic rings. The Kier molecular flexibility index (Phi) is 4.31. The number of hydrogen-bond donors (Lipinski definition) is 2. The van der Waals surface area contributed by atoms with E-state index >= 15 is 0 Å². The van der Waals surface area contributed by atoms with Crippen molar-refractivity contribution in [3.63, 3.8) is 0 Å². The molecule has 0 saturated heterocycles. The van der Waals surface area contributed by atoms with Gasteiger partial charge in [0.15, 0.2) is 0 Å². The summed E-state index contributed by atoms with van der Waals surface area (Å²) in [4.78, 5) is 40.1. The smallest absolute Gasteiger partial charge is 0.277 e. The molecule has 1 amide bonds. The lowest BCUT2D eigenvalue weighted by Crippen LogP contribution is -2.27. The number of carbonyl (C=O) groups is 1. The number of aromatic amines is 1. The van der Waals surface area contributed by atoms with Crippen molar-refractivity contribution in [1.29, 1.82) is 0 Å². The third-order valence-corrected chi connectivity index (χ3v) is 3.75. The first-order valence-corrected chi connectivity index (χ1v) is 7.54. The van der Waals surface area contributed by atoms with Gasteiger partial charge in [-0.2, -0.15) is 0 Å². The molecule has 0 fully saturated rings. The summed E-state index contributed by atoms with van der Waals surface area (Å²) in [5.74, 6) is -0.177. The normalized spacial score (nSPS) is 11.9. The summed E-state index contributed by atoms with van der Waals surface area (Å²) in [7, 11) is 0. The third kappa shape index (κ3) is 3.34. The fourth-order valence-corrected chi connectivity index (χ4v) is 2.46. The molecule has 3 rings (SSSR count). The second kappa shape index (κ2) is 6.59. The molecule has 0 saturated carbocycles. The third-order valence-electron chi connectivity index (χ3n) is 3.75. The molecule has 132 valence electrons. The van der Waals surface area contributed by atoms with Gasteiger partial charge in [-0.1, -0.05) is 12.1 Å². The number of nitrogens with one attached hydrogen (secondary N) is 2. The van der Waals surface area contributed by atoms with Gasteiger partial charge < -0.3 is 10.3 Å². The second-order valence-electron chi connectivity index (χ2n) is 5.59. The van der Waals surface area contributed by atoms with E-state index in [-0.39, 0.29) is 5.56 Å². The van der Waals surface area contributed by atoms with Gasteiger partial charge in [0, 0.05) is 12.1 Å². The molecule has 1 aromatic heterocycles. The van der Waals surface area contributed by atoms with E-state index in [1.165, 1.54) is 0 Å². The van der Waals surface area contributed by atoms with Crippen molar-refractivity contribution < 1.29 is 14.6 Å². The first-order chi connectivity index (χ1) is 12.3. The number of nitrogens with zero attached hydrogens (tertiary/aromatic N) is 3. The summed E-state index contributed by atoms with van der Waals surface area (Å²) >= 11 is 0. The van der Waals surface area contributed by atoms with E-state index in [9.17, 15) is 25.0 Å². The Balaban J connectivity index is 1.86. The maximum absolute atomic E-state index is 12.4. The number of imidazole rings is 1. The van der Waals surface area contributed by atoms with Crippen molar-refractivity contribution in [2.24, 2.45) is 0 Å². The zero-order valence-electron chi connectivity index (χ0n) is 13.5. The molecule has 1 atom stereocenters. The van der Waals surface area contributed by atoms with E-state index in [1.807, 2.05) is 24.3 Å². The molecule has 0 aliphatic carbocycles. The predicted molar refractivity (Wildman–Crippen MR) is 91.7 cm³/mol. The molecule has 2 aromatic carbocycles. The van der Waals surface area contributed by atoms with Gasteiger partial charge in [-0.25, -0.2) is 4.98 Å². The van der Waals surface area contributed by atoms with E-state index in [0.29, 0.717) is 5.82 Å². The number of benzene rings is 2. The number of H-pyrrole nitrogens is 1. The number of amides is 1. The van der Waals surface area contributed by atoms with E-state index in [2.05, 4.69) is 15.3 Å². The number of rotatable bonds is 5. The standard InChI is InChI=1S/C16H13N5O5/c1-9(15-18-13-4-2-3-5-14(13)19-15)17-16(22)10-6-11(20(23)24)8-12(7-10)21(25)26/h2-9H,1H3,(H,17,22)(H,18,19)/t9-/m0/s1. The van der Waals surface area contributed by atoms with Gasteiger partial charge in [-0.15, -0.1) is 0 Å². The Morgan fingerprint density at radius 2 is 1.73 bits per heavy atom. The number of hydrogen-bond acceptors (Lipinski definition) is 6. The van der Waals surface area contributed by atoms with E-state index < -0.39 is 33.2 Å². The molecular weight excluding hydrogens is 342 g/mol. The zero-order valence-corrected chi connectivity index (χ0v) is 13.5. The molecule has 2 N–H and O–H groups in total. The summed E-state index contributed by atoms with van der Waals surface area (Å²) in [6, 6.07) is 9.58. The fourth-order valence-electron chi connectivity index (χ4n) is 2.46. The molecular formula is C16H13N5O5. The maximum Gasteiger partial charge on any atom is 0.277 e. The Hall–Kier alpha value is -3.82. The molecule has 10 nitrogen and oxygen atoms in total. The Morgan fingerprint density at radius 1 is 1.12 bits per heavy atom. The minimum atomic E-state index is -0.785. The van der Waals surface area contributed by atoms with Gasteiger partial charge >= 0.3 is 0 Å². The lowest BCUT2D eigenvalue weighted by atomic mass is 10.1. The molecule has 3 aromatic rings. The Morgan fingerprint density at radius 3 is 2.31 bits per heavy atom. The molecule has 0 bridgehead atoms. The molecule has 0 spiro atoms.